The molecule has 2 rings (SSSR count). The second kappa shape index (κ2) is 5.07. The quantitative estimate of drug-likeness (QED) is 0.809. The Morgan fingerprint density at radius 3 is 3.19 bits per heavy atom. The summed E-state index contributed by atoms with van der Waals surface area (Å²) in [7, 11) is 0. The van der Waals surface area contributed by atoms with E-state index in [1.807, 2.05) is 0 Å². The minimum Gasteiger partial charge on any atom is -0.376 e. The first-order valence-corrected chi connectivity index (χ1v) is 5.39. The Morgan fingerprint density at radius 2 is 2.44 bits per heavy atom. The lowest BCUT2D eigenvalue weighted by atomic mass is 10.1. The summed E-state index contributed by atoms with van der Waals surface area (Å²) in [6.07, 6.45) is 4.44. The normalized spacial score (nSPS) is 20.7. The molecule has 1 saturated heterocycles. The Hall–Kier alpha value is -1.43. The summed E-state index contributed by atoms with van der Waals surface area (Å²) in [4.78, 5) is 7.34. The number of hydrogen-bond donors (Lipinski definition) is 2. The van der Waals surface area contributed by atoms with Crippen LogP contribution < -0.4 is 11.1 Å². The number of anilines is 2. The molecule has 3 N–H and O–H groups in total. The summed E-state index contributed by atoms with van der Waals surface area (Å²) >= 11 is 0. The van der Waals surface area contributed by atoms with Gasteiger partial charge in [0, 0.05) is 13.2 Å². The molecular weight excluding hydrogens is 211 g/mol. The highest BCUT2D eigenvalue weighted by molar-refractivity contribution is 5.39. The van der Waals surface area contributed by atoms with Gasteiger partial charge in [0.2, 0.25) is 5.95 Å². The number of halogens is 1. The maximum absolute atomic E-state index is 13.2. The number of nitrogens with two attached hydrogens (primary N) is 1. The van der Waals surface area contributed by atoms with Crippen LogP contribution in [0.5, 0.6) is 0 Å². The van der Waals surface area contributed by atoms with Gasteiger partial charge in [0.05, 0.1) is 12.3 Å². The molecule has 88 valence electrons. The second-order valence-corrected chi connectivity index (χ2v) is 3.79. The van der Waals surface area contributed by atoms with Crippen LogP contribution in [0.15, 0.2) is 6.20 Å². The van der Waals surface area contributed by atoms with Crippen LogP contribution in [0.3, 0.4) is 0 Å². The van der Waals surface area contributed by atoms with Crippen molar-refractivity contribution in [1.29, 1.82) is 0 Å². The van der Waals surface area contributed by atoms with Crippen molar-refractivity contribution in [3.8, 4) is 0 Å². The number of hydrogen-bond acceptors (Lipinski definition) is 5. The molecule has 0 bridgehead atoms. The Bertz CT molecular complexity index is 355. The molecule has 5 nitrogen and oxygen atoms in total. The van der Waals surface area contributed by atoms with Crippen LogP contribution in [0.2, 0.25) is 0 Å². The van der Waals surface area contributed by atoms with Crippen molar-refractivity contribution in [3.05, 3.63) is 12.0 Å². The van der Waals surface area contributed by atoms with E-state index in [0.29, 0.717) is 6.54 Å². The van der Waals surface area contributed by atoms with E-state index in [9.17, 15) is 4.39 Å². The van der Waals surface area contributed by atoms with Gasteiger partial charge in [-0.2, -0.15) is 4.98 Å². The average molecular weight is 226 g/mol. The van der Waals surface area contributed by atoms with Gasteiger partial charge in [-0.15, -0.1) is 0 Å². The molecule has 1 aliphatic heterocycles. The number of nitrogens with one attached hydrogen (secondary N) is 1. The van der Waals surface area contributed by atoms with Gasteiger partial charge in [-0.1, -0.05) is 0 Å². The highest BCUT2D eigenvalue weighted by Crippen LogP contribution is 2.15. The van der Waals surface area contributed by atoms with E-state index in [4.69, 9.17) is 10.5 Å². The van der Waals surface area contributed by atoms with Gasteiger partial charge in [-0.3, -0.25) is 0 Å². The van der Waals surface area contributed by atoms with Gasteiger partial charge in [0.25, 0.3) is 0 Å². The van der Waals surface area contributed by atoms with E-state index in [-0.39, 0.29) is 17.9 Å². The molecule has 1 aromatic heterocycles. The number of rotatable bonds is 3. The third kappa shape index (κ3) is 2.79. The molecular formula is C10H15FN4O. The molecule has 2 heterocycles. The van der Waals surface area contributed by atoms with Crippen LogP contribution in [0.25, 0.3) is 0 Å². The van der Waals surface area contributed by atoms with Crippen LogP contribution in [0.4, 0.5) is 16.2 Å². The number of ether oxygens (including phenoxy) is 1. The Morgan fingerprint density at radius 1 is 1.56 bits per heavy atom. The van der Waals surface area contributed by atoms with Crippen LogP contribution in [-0.2, 0) is 4.74 Å². The van der Waals surface area contributed by atoms with Crippen LogP contribution in [0, 0.1) is 5.82 Å². The molecule has 0 amide bonds. The minimum atomic E-state index is -0.495. The molecule has 16 heavy (non-hydrogen) atoms. The van der Waals surface area contributed by atoms with Gasteiger partial charge in [-0.25, -0.2) is 9.37 Å². The lowest BCUT2D eigenvalue weighted by Gasteiger charge is -2.22. The largest absolute Gasteiger partial charge is 0.376 e. The summed E-state index contributed by atoms with van der Waals surface area (Å²) in [5.74, 6) is -0.292. The first-order chi connectivity index (χ1) is 7.75. The highest BCUT2D eigenvalue weighted by atomic mass is 19.1. The molecule has 0 radical (unpaired) electrons. The Labute approximate surface area is 93.2 Å². The first-order valence-electron chi connectivity index (χ1n) is 5.39. The lowest BCUT2D eigenvalue weighted by Crippen LogP contribution is -2.27. The maximum atomic E-state index is 13.2. The van der Waals surface area contributed by atoms with E-state index in [0.717, 1.165) is 32.1 Å². The standard InChI is InChI=1S/C10H15FN4O/c11-8-6-14-10(12)15-9(8)13-5-7-3-1-2-4-16-7/h6-7H,1-5H2,(H3,12,13,14,15). The zero-order chi connectivity index (χ0) is 11.4. The van der Waals surface area contributed by atoms with E-state index in [2.05, 4.69) is 15.3 Å². The van der Waals surface area contributed by atoms with Crippen molar-refractivity contribution >= 4 is 11.8 Å². The van der Waals surface area contributed by atoms with Crippen LogP contribution >= 0.6 is 0 Å². The first kappa shape index (κ1) is 11.1. The second-order valence-electron chi connectivity index (χ2n) is 3.79. The van der Waals surface area contributed by atoms with Gasteiger partial charge < -0.3 is 15.8 Å². The summed E-state index contributed by atoms with van der Waals surface area (Å²) in [5.41, 5.74) is 5.38. The zero-order valence-corrected chi connectivity index (χ0v) is 8.95. The SMILES string of the molecule is Nc1ncc(F)c(NCC2CCCCO2)n1. The number of nitrogen functional groups attached to an aromatic ring is 1. The van der Waals surface area contributed by atoms with Crippen molar-refractivity contribution < 1.29 is 9.13 Å². The average Bonchev–Trinajstić information content (AvgIpc) is 2.32. The molecule has 1 aliphatic rings. The third-order valence-corrected chi connectivity index (χ3v) is 2.53. The fraction of sp³-hybridized carbons (Fsp3) is 0.600. The predicted molar refractivity (Wildman–Crippen MR) is 58.5 cm³/mol. The zero-order valence-electron chi connectivity index (χ0n) is 8.95. The van der Waals surface area contributed by atoms with E-state index >= 15 is 0 Å². The van der Waals surface area contributed by atoms with Crippen molar-refractivity contribution in [2.75, 3.05) is 24.2 Å². The monoisotopic (exact) mass is 226 g/mol. The van der Waals surface area contributed by atoms with E-state index in [1.165, 1.54) is 0 Å². The number of aromatic nitrogens is 2. The molecule has 1 aromatic rings. The molecule has 1 unspecified atom stereocenters. The third-order valence-electron chi connectivity index (χ3n) is 2.53. The fourth-order valence-electron chi connectivity index (χ4n) is 1.68. The molecule has 0 spiro atoms. The Kier molecular flexibility index (Phi) is 3.51. The summed E-state index contributed by atoms with van der Waals surface area (Å²) < 4.78 is 18.8. The smallest absolute Gasteiger partial charge is 0.222 e. The van der Waals surface area contributed by atoms with Gasteiger partial charge >= 0.3 is 0 Å². The van der Waals surface area contributed by atoms with Crippen LogP contribution in [-0.4, -0.2) is 29.2 Å². The topological polar surface area (TPSA) is 73.1 Å². The minimum absolute atomic E-state index is 0.0634. The molecule has 6 heteroatoms. The summed E-state index contributed by atoms with van der Waals surface area (Å²) in [5, 5.41) is 2.89. The van der Waals surface area contributed by atoms with E-state index < -0.39 is 5.82 Å². The van der Waals surface area contributed by atoms with Crippen molar-refractivity contribution in [1.82, 2.24) is 9.97 Å². The fourth-order valence-corrected chi connectivity index (χ4v) is 1.68. The van der Waals surface area contributed by atoms with Gasteiger partial charge in [0.1, 0.15) is 0 Å². The molecule has 1 atom stereocenters. The summed E-state index contributed by atoms with van der Waals surface area (Å²) in [6, 6.07) is 0. The summed E-state index contributed by atoms with van der Waals surface area (Å²) in [6.45, 7) is 1.33. The predicted octanol–water partition coefficient (Wildman–Crippen LogP) is 1.18. The van der Waals surface area contributed by atoms with Crippen molar-refractivity contribution in [3.63, 3.8) is 0 Å². The lowest BCUT2D eigenvalue weighted by molar-refractivity contribution is 0.0247. The molecule has 0 aromatic carbocycles. The highest BCUT2D eigenvalue weighted by Gasteiger charge is 2.14. The molecule has 0 saturated carbocycles. The van der Waals surface area contributed by atoms with Gasteiger partial charge in [0.15, 0.2) is 11.6 Å². The Balaban J connectivity index is 1.90. The molecule has 0 aliphatic carbocycles. The number of nitrogens with zero attached hydrogens (tertiary/aromatic N) is 2. The van der Waals surface area contributed by atoms with Crippen molar-refractivity contribution in [2.45, 2.75) is 25.4 Å². The van der Waals surface area contributed by atoms with Crippen molar-refractivity contribution in [2.24, 2.45) is 0 Å². The molecule has 1 fully saturated rings. The van der Waals surface area contributed by atoms with E-state index in [1.54, 1.807) is 0 Å². The maximum Gasteiger partial charge on any atom is 0.222 e. The van der Waals surface area contributed by atoms with Crippen LogP contribution in [0.1, 0.15) is 19.3 Å². The van der Waals surface area contributed by atoms with Gasteiger partial charge in [-0.05, 0) is 19.3 Å².